The topological polar surface area (TPSA) is 55.4 Å². The number of hydrogen-bond acceptors (Lipinski definition) is 6. The zero-order valence-corrected chi connectivity index (χ0v) is 14.3. The van der Waals surface area contributed by atoms with E-state index in [1.165, 1.54) is 0 Å². The Hall–Kier alpha value is -0.240. The van der Waals surface area contributed by atoms with Crippen LogP contribution in [0.4, 0.5) is 0 Å². The molecule has 22 heavy (non-hydrogen) atoms. The molecule has 3 aliphatic rings. The summed E-state index contributed by atoms with van der Waals surface area (Å²) in [6.07, 6.45) is -1.27. The van der Waals surface area contributed by atoms with Gasteiger partial charge >= 0.3 is 0 Å². The second-order valence-electron chi connectivity index (χ2n) is 7.63. The van der Waals surface area contributed by atoms with Gasteiger partial charge in [0.25, 0.3) is 0 Å². The number of ether oxygens (including phenoxy) is 6. The van der Waals surface area contributed by atoms with Gasteiger partial charge in [0.15, 0.2) is 17.9 Å². The van der Waals surface area contributed by atoms with Gasteiger partial charge in [-0.05, 0) is 33.6 Å². The van der Waals surface area contributed by atoms with Gasteiger partial charge in [0.05, 0.1) is 6.61 Å². The minimum atomic E-state index is -0.647. The molecule has 0 spiro atoms. The monoisotopic (exact) mass is 316 g/mol. The molecule has 0 radical (unpaired) electrons. The van der Waals surface area contributed by atoms with Gasteiger partial charge in [0.2, 0.25) is 0 Å². The highest BCUT2D eigenvalue weighted by Crippen LogP contribution is 2.41. The predicted molar refractivity (Wildman–Crippen MR) is 78.2 cm³/mol. The molecule has 0 aromatic carbocycles. The third-order valence-corrected chi connectivity index (χ3v) is 4.05. The van der Waals surface area contributed by atoms with E-state index in [2.05, 4.69) is 13.8 Å². The van der Waals surface area contributed by atoms with Crippen LogP contribution in [0.5, 0.6) is 0 Å². The highest BCUT2D eigenvalue weighted by atomic mass is 16.8. The average molecular weight is 316 g/mol. The van der Waals surface area contributed by atoms with Gasteiger partial charge in [0.1, 0.15) is 24.4 Å². The smallest absolute Gasteiger partial charge is 0.190 e. The second kappa shape index (κ2) is 5.69. The average Bonchev–Trinajstić information content (AvgIpc) is 2.96. The van der Waals surface area contributed by atoms with Gasteiger partial charge in [-0.1, -0.05) is 13.8 Å². The molecule has 5 atom stereocenters. The van der Waals surface area contributed by atoms with Crippen molar-refractivity contribution in [2.45, 2.75) is 83.8 Å². The summed E-state index contributed by atoms with van der Waals surface area (Å²) in [5, 5.41) is 0. The molecule has 128 valence electrons. The summed E-state index contributed by atoms with van der Waals surface area (Å²) in [5.74, 6) is -0.798. The van der Waals surface area contributed by atoms with Gasteiger partial charge in [-0.25, -0.2) is 0 Å². The molecule has 3 heterocycles. The second-order valence-corrected chi connectivity index (χ2v) is 7.63. The van der Waals surface area contributed by atoms with Crippen LogP contribution in [-0.2, 0) is 28.4 Å². The summed E-state index contributed by atoms with van der Waals surface area (Å²) in [4.78, 5) is 0. The molecule has 0 saturated carbocycles. The maximum Gasteiger partial charge on any atom is 0.190 e. The van der Waals surface area contributed by atoms with Crippen LogP contribution in [0.25, 0.3) is 0 Å². The zero-order valence-electron chi connectivity index (χ0n) is 14.3. The van der Waals surface area contributed by atoms with Gasteiger partial charge in [-0.15, -0.1) is 0 Å². The summed E-state index contributed by atoms with van der Waals surface area (Å²) >= 11 is 0. The third-order valence-electron chi connectivity index (χ3n) is 4.05. The van der Waals surface area contributed by atoms with E-state index in [1.807, 2.05) is 27.7 Å². The highest BCUT2D eigenvalue weighted by Gasteiger charge is 2.58. The molecule has 6 heteroatoms. The normalized spacial score (nSPS) is 43.0. The van der Waals surface area contributed by atoms with Crippen LogP contribution in [0.2, 0.25) is 0 Å². The van der Waals surface area contributed by atoms with Crippen molar-refractivity contribution in [3.8, 4) is 0 Å². The largest absolute Gasteiger partial charge is 0.372 e. The van der Waals surface area contributed by atoms with Crippen molar-refractivity contribution in [3.63, 3.8) is 0 Å². The fourth-order valence-electron chi connectivity index (χ4n) is 3.17. The van der Waals surface area contributed by atoms with Gasteiger partial charge in [-0.2, -0.15) is 0 Å². The van der Waals surface area contributed by atoms with E-state index in [1.54, 1.807) is 0 Å². The standard InChI is InChI=1S/C16H28O6/c1-9(2)7-17-12-11(10-8-18-15(3,4)20-10)19-14-13(12)21-16(5,6)22-14/h9-14H,7-8H2,1-6H3/t10-,11-,12+,13-,14-/m1/s1. The lowest BCUT2D eigenvalue weighted by Crippen LogP contribution is -2.44. The lowest BCUT2D eigenvalue weighted by Gasteiger charge is -2.29. The molecule has 3 rings (SSSR count). The molecule has 3 fully saturated rings. The quantitative estimate of drug-likeness (QED) is 0.791. The Kier molecular flexibility index (Phi) is 4.29. The van der Waals surface area contributed by atoms with E-state index < -0.39 is 17.9 Å². The van der Waals surface area contributed by atoms with E-state index in [4.69, 9.17) is 28.4 Å². The van der Waals surface area contributed by atoms with E-state index in [9.17, 15) is 0 Å². The molecular weight excluding hydrogens is 288 g/mol. The van der Waals surface area contributed by atoms with Gasteiger partial charge in [0, 0.05) is 6.61 Å². The molecule has 6 nitrogen and oxygen atoms in total. The predicted octanol–water partition coefficient (Wildman–Crippen LogP) is 2.06. The Morgan fingerprint density at radius 1 is 1.00 bits per heavy atom. The minimum Gasteiger partial charge on any atom is -0.372 e. The maximum atomic E-state index is 6.10. The first-order valence-corrected chi connectivity index (χ1v) is 8.11. The van der Waals surface area contributed by atoms with Crippen LogP contribution in [0.1, 0.15) is 41.5 Å². The molecule has 0 amide bonds. The Morgan fingerprint density at radius 2 is 1.73 bits per heavy atom. The number of fused-ring (bicyclic) bond motifs is 1. The van der Waals surface area contributed by atoms with Crippen molar-refractivity contribution < 1.29 is 28.4 Å². The van der Waals surface area contributed by atoms with Crippen LogP contribution in [0.15, 0.2) is 0 Å². The first-order valence-electron chi connectivity index (χ1n) is 8.11. The lowest BCUT2D eigenvalue weighted by atomic mass is 10.1. The van der Waals surface area contributed by atoms with E-state index >= 15 is 0 Å². The van der Waals surface area contributed by atoms with E-state index in [0.717, 1.165) is 0 Å². The van der Waals surface area contributed by atoms with Crippen LogP contribution in [0.3, 0.4) is 0 Å². The number of hydrogen-bond donors (Lipinski definition) is 0. The van der Waals surface area contributed by atoms with E-state index in [-0.39, 0.29) is 24.4 Å². The van der Waals surface area contributed by atoms with Crippen molar-refractivity contribution in [2.75, 3.05) is 13.2 Å². The molecule has 0 N–H and O–H groups in total. The highest BCUT2D eigenvalue weighted by molar-refractivity contribution is 4.98. The van der Waals surface area contributed by atoms with Crippen molar-refractivity contribution in [1.29, 1.82) is 0 Å². The summed E-state index contributed by atoms with van der Waals surface area (Å²) in [7, 11) is 0. The lowest BCUT2D eigenvalue weighted by molar-refractivity contribution is -0.236. The van der Waals surface area contributed by atoms with Crippen molar-refractivity contribution in [1.82, 2.24) is 0 Å². The zero-order chi connectivity index (χ0) is 16.1. The maximum absolute atomic E-state index is 6.10. The Morgan fingerprint density at radius 3 is 2.32 bits per heavy atom. The fourth-order valence-corrected chi connectivity index (χ4v) is 3.17. The Bertz CT molecular complexity index is 407. The first kappa shape index (κ1) is 16.6. The Labute approximate surface area is 132 Å². The molecule has 0 aromatic rings. The molecule has 0 bridgehead atoms. The molecular formula is C16H28O6. The van der Waals surface area contributed by atoms with Crippen molar-refractivity contribution in [3.05, 3.63) is 0 Å². The summed E-state index contributed by atoms with van der Waals surface area (Å²) in [5.41, 5.74) is 0. The van der Waals surface area contributed by atoms with Crippen LogP contribution >= 0.6 is 0 Å². The van der Waals surface area contributed by atoms with Crippen LogP contribution in [-0.4, -0.2) is 55.5 Å². The number of rotatable bonds is 4. The summed E-state index contributed by atoms with van der Waals surface area (Å²) < 4.78 is 35.6. The van der Waals surface area contributed by atoms with Gasteiger partial charge in [-0.3, -0.25) is 0 Å². The molecule has 3 aliphatic heterocycles. The van der Waals surface area contributed by atoms with Crippen LogP contribution < -0.4 is 0 Å². The van der Waals surface area contributed by atoms with Crippen molar-refractivity contribution >= 4 is 0 Å². The summed E-state index contributed by atoms with van der Waals surface area (Å²) in [6, 6.07) is 0. The van der Waals surface area contributed by atoms with Crippen molar-refractivity contribution in [2.24, 2.45) is 5.92 Å². The van der Waals surface area contributed by atoms with Crippen LogP contribution in [0, 0.1) is 5.92 Å². The Balaban J connectivity index is 1.72. The van der Waals surface area contributed by atoms with E-state index in [0.29, 0.717) is 19.1 Å². The minimum absolute atomic E-state index is 0.173. The fraction of sp³-hybridized carbons (Fsp3) is 1.00. The molecule has 0 unspecified atom stereocenters. The third kappa shape index (κ3) is 3.32. The molecule has 3 saturated heterocycles. The summed E-state index contributed by atoms with van der Waals surface area (Å²) in [6.45, 7) is 13.0. The molecule has 0 aliphatic carbocycles. The van der Waals surface area contributed by atoms with Gasteiger partial charge < -0.3 is 28.4 Å². The SMILES string of the molecule is CC(C)CO[C@@H]1[C@H]2OC(C)(C)O[C@H]2O[C@@H]1[C@H]1COC(C)(C)O1. The first-order chi connectivity index (χ1) is 10.2. The molecule has 0 aromatic heterocycles.